The Hall–Kier alpha value is -2.12. The molecule has 0 fully saturated rings. The van der Waals surface area contributed by atoms with Crippen LogP contribution in [-0.2, 0) is 11.0 Å². The minimum Gasteiger partial charge on any atom is -0.478 e. The van der Waals surface area contributed by atoms with Crippen LogP contribution in [0.2, 0.25) is 5.15 Å². The molecule has 0 spiro atoms. The molecule has 0 radical (unpaired) electrons. The summed E-state index contributed by atoms with van der Waals surface area (Å²) < 4.78 is 14.8. The first-order valence-corrected chi connectivity index (χ1v) is 6.93. The third kappa shape index (κ3) is 3.25. The predicted octanol–water partition coefficient (Wildman–Crippen LogP) is 2.15. The van der Waals surface area contributed by atoms with Gasteiger partial charge in [-0.05, 0) is 24.3 Å². The summed E-state index contributed by atoms with van der Waals surface area (Å²) in [6.45, 7) is 0. The third-order valence-electron chi connectivity index (χ3n) is 2.36. The Morgan fingerprint density at radius 1 is 1.40 bits per heavy atom. The molecule has 0 saturated heterocycles. The van der Waals surface area contributed by atoms with Gasteiger partial charge in [-0.15, -0.1) is 0 Å². The number of hydrogen-bond acceptors (Lipinski definition) is 4. The van der Waals surface area contributed by atoms with Crippen LogP contribution >= 0.6 is 11.6 Å². The molecule has 2 rings (SSSR count). The normalized spacial score (nSPS) is 11.8. The highest BCUT2D eigenvalue weighted by Crippen LogP contribution is 2.23. The maximum absolute atomic E-state index is 12.1. The topological polar surface area (TPSA) is 105 Å². The summed E-state index contributed by atoms with van der Waals surface area (Å²) in [6.07, 6.45) is 1.38. The molecule has 0 aliphatic heterocycles. The van der Waals surface area contributed by atoms with Gasteiger partial charge in [-0.1, -0.05) is 17.7 Å². The zero-order valence-corrected chi connectivity index (χ0v) is 11.6. The van der Waals surface area contributed by atoms with Crippen LogP contribution < -0.4 is 10.5 Å². The monoisotopic (exact) mass is 311 g/mol. The number of anilines is 2. The lowest BCUT2D eigenvalue weighted by Gasteiger charge is -2.08. The van der Waals surface area contributed by atoms with Gasteiger partial charge in [0.05, 0.1) is 28.0 Å². The molecular weight excluding hydrogens is 302 g/mol. The summed E-state index contributed by atoms with van der Waals surface area (Å²) in [5.74, 6) is -1.09. The van der Waals surface area contributed by atoms with Crippen LogP contribution in [0.3, 0.4) is 0 Å². The number of carboxylic acid groups (broad SMARTS) is 1. The first-order chi connectivity index (χ1) is 9.47. The van der Waals surface area contributed by atoms with Crippen LogP contribution in [-0.4, -0.2) is 20.3 Å². The number of hydrogen-bond donors (Lipinski definition) is 3. The largest absolute Gasteiger partial charge is 0.478 e. The van der Waals surface area contributed by atoms with E-state index in [0.29, 0.717) is 16.3 Å². The lowest BCUT2D eigenvalue weighted by atomic mass is 10.2. The number of benzene rings is 1. The Morgan fingerprint density at radius 2 is 2.15 bits per heavy atom. The summed E-state index contributed by atoms with van der Waals surface area (Å²) in [5.41, 5.74) is 6.30. The van der Waals surface area contributed by atoms with Crippen molar-refractivity contribution in [1.82, 2.24) is 4.98 Å². The standard InChI is InChI=1S/C12H10ClN3O3S/c13-11-10(5-8(14)6-15-11)16-20(19)9-3-1-2-7(4-9)12(17)18/h1-6,16H,14H2,(H,17,18). The maximum Gasteiger partial charge on any atom is 0.335 e. The van der Waals surface area contributed by atoms with Gasteiger partial charge < -0.3 is 10.8 Å². The zero-order valence-electron chi connectivity index (χ0n) is 10.0. The molecule has 1 atom stereocenters. The number of nitrogens with one attached hydrogen (secondary N) is 1. The summed E-state index contributed by atoms with van der Waals surface area (Å²) >= 11 is 5.85. The van der Waals surface area contributed by atoms with Crippen LogP contribution in [0, 0.1) is 0 Å². The first-order valence-electron chi connectivity index (χ1n) is 5.40. The van der Waals surface area contributed by atoms with Crippen molar-refractivity contribution in [2.24, 2.45) is 0 Å². The van der Waals surface area contributed by atoms with E-state index in [9.17, 15) is 9.00 Å². The van der Waals surface area contributed by atoms with Crippen molar-refractivity contribution in [3.63, 3.8) is 0 Å². The molecule has 0 amide bonds. The van der Waals surface area contributed by atoms with E-state index in [-0.39, 0.29) is 10.7 Å². The van der Waals surface area contributed by atoms with Crippen molar-refractivity contribution < 1.29 is 14.1 Å². The number of pyridine rings is 1. The van der Waals surface area contributed by atoms with E-state index < -0.39 is 17.0 Å². The molecule has 0 aliphatic carbocycles. The highest BCUT2D eigenvalue weighted by Gasteiger charge is 2.10. The first kappa shape index (κ1) is 14.3. The molecule has 4 N–H and O–H groups in total. The lowest BCUT2D eigenvalue weighted by Crippen LogP contribution is -2.07. The van der Waals surface area contributed by atoms with Crippen molar-refractivity contribution in [2.45, 2.75) is 4.90 Å². The van der Waals surface area contributed by atoms with Gasteiger partial charge in [0, 0.05) is 0 Å². The minimum atomic E-state index is -1.67. The second-order valence-electron chi connectivity index (χ2n) is 3.81. The predicted molar refractivity (Wildman–Crippen MR) is 77.1 cm³/mol. The molecule has 8 heteroatoms. The van der Waals surface area contributed by atoms with Crippen LogP contribution in [0.4, 0.5) is 11.4 Å². The van der Waals surface area contributed by atoms with Gasteiger partial charge in [0.1, 0.15) is 11.0 Å². The van der Waals surface area contributed by atoms with Crippen LogP contribution in [0.25, 0.3) is 0 Å². The maximum atomic E-state index is 12.1. The van der Waals surface area contributed by atoms with E-state index >= 15 is 0 Å². The number of aromatic nitrogens is 1. The third-order valence-corrected chi connectivity index (χ3v) is 3.75. The van der Waals surface area contributed by atoms with Gasteiger partial charge in [0.25, 0.3) is 0 Å². The Labute approximate surface area is 122 Å². The fourth-order valence-electron chi connectivity index (χ4n) is 1.44. The van der Waals surface area contributed by atoms with E-state index in [0.717, 1.165) is 0 Å². The van der Waals surface area contributed by atoms with Gasteiger partial charge in [-0.3, -0.25) is 4.72 Å². The molecule has 1 heterocycles. The van der Waals surface area contributed by atoms with E-state index in [1.54, 1.807) is 6.07 Å². The molecule has 0 bridgehead atoms. The Morgan fingerprint density at radius 3 is 2.85 bits per heavy atom. The van der Waals surface area contributed by atoms with Crippen LogP contribution in [0.15, 0.2) is 41.4 Å². The zero-order chi connectivity index (χ0) is 14.7. The van der Waals surface area contributed by atoms with Crippen molar-refractivity contribution in [1.29, 1.82) is 0 Å². The van der Waals surface area contributed by atoms with Crippen LogP contribution in [0.1, 0.15) is 10.4 Å². The summed E-state index contributed by atoms with van der Waals surface area (Å²) in [6, 6.07) is 7.28. The van der Waals surface area contributed by atoms with E-state index in [4.69, 9.17) is 22.4 Å². The van der Waals surface area contributed by atoms with Crippen molar-refractivity contribution >= 4 is 39.9 Å². The number of rotatable bonds is 4. The second kappa shape index (κ2) is 5.89. The molecular formula is C12H10ClN3O3S. The van der Waals surface area contributed by atoms with Crippen molar-refractivity contribution in [3.05, 3.63) is 47.2 Å². The minimum absolute atomic E-state index is 0.0504. The van der Waals surface area contributed by atoms with Gasteiger partial charge in [-0.2, -0.15) is 0 Å². The van der Waals surface area contributed by atoms with Crippen LogP contribution in [0.5, 0.6) is 0 Å². The fraction of sp³-hybridized carbons (Fsp3) is 0. The quantitative estimate of drug-likeness (QED) is 0.750. The van der Waals surface area contributed by atoms with Gasteiger partial charge in [0.15, 0.2) is 5.15 Å². The number of nitrogens with two attached hydrogens (primary N) is 1. The number of carboxylic acids is 1. The molecule has 1 aromatic heterocycles. The Kier molecular flexibility index (Phi) is 4.21. The van der Waals surface area contributed by atoms with Crippen molar-refractivity contribution in [3.8, 4) is 0 Å². The Balaban J connectivity index is 2.26. The number of aromatic carboxylic acids is 1. The number of halogens is 1. The second-order valence-corrected chi connectivity index (χ2v) is 5.38. The lowest BCUT2D eigenvalue weighted by molar-refractivity contribution is 0.0696. The summed E-state index contributed by atoms with van der Waals surface area (Å²) in [7, 11) is -1.67. The highest BCUT2D eigenvalue weighted by molar-refractivity contribution is 7.86. The van der Waals surface area contributed by atoms with Crippen molar-refractivity contribution in [2.75, 3.05) is 10.5 Å². The summed E-state index contributed by atoms with van der Waals surface area (Å²) in [5, 5.41) is 9.02. The van der Waals surface area contributed by atoms with Gasteiger partial charge in [-0.25, -0.2) is 14.0 Å². The highest BCUT2D eigenvalue weighted by atomic mass is 35.5. The molecule has 0 saturated carbocycles. The number of nitrogen functional groups attached to an aromatic ring is 1. The van der Waals surface area contributed by atoms with Gasteiger partial charge in [0.2, 0.25) is 0 Å². The molecule has 104 valence electrons. The van der Waals surface area contributed by atoms with E-state index in [1.165, 1.54) is 30.5 Å². The Bertz CT molecular complexity index is 693. The summed E-state index contributed by atoms with van der Waals surface area (Å²) in [4.78, 5) is 15.0. The molecule has 20 heavy (non-hydrogen) atoms. The van der Waals surface area contributed by atoms with E-state index in [1.807, 2.05) is 0 Å². The SMILES string of the molecule is Nc1cnc(Cl)c(NS(=O)c2cccc(C(=O)O)c2)c1. The molecule has 0 aliphatic rings. The fourth-order valence-corrected chi connectivity index (χ4v) is 2.56. The molecule has 6 nitrogen and oxygen atoms in total. The molecule has 2 aromatic rings. The number of nitrogens with zero attached hydrogens (tertiary/aromatic N) is 1. The average molecular weight is 312 g/mol. The molecule has 1 aromatic carbocycles. The van der Waals surface area contributed by atoms with E-state index in [2.05, 4.69) is 9.71 Å². The molecule has 1 unspecified atom stereocenters. The van der Waals surface area contributed by atoms with Gasteiger partial charge >= 0.3 is 5.97 Å². The average Bonchev–Trinajstić information content (AvgIpc) is 2.43. The number of carbonyl (C=O) groups is 1. The smallest absolute Gasteiger partial charge is 0.335 e.